The summed E-state index contributed by atoms with van der Waals surface area (Å²) < 4.78 is 0. The number of carbonyl (C=O) groups is 1. The molecule has 0 heterocycles. The van der Waals surface area contributed by atoms with Crippen molar-refractivity contribution >= 4 is 17.3 Å². The summed E-state index contributed by atoms with van der Waals surface area (Å²) in [7, 11) is 0. The van der Waals surface area contributed by atoms with Crippen LogP contribution in [0.25, 0.3) is 0 Å². The third kappa shape index (κ3) is 2.65. The Kier molecular flexibility index (Phi) is 3.66. The average Bonchev–Trinajstić information content (AvgIpc) is 3.19. The number of benzene rings is 1. The molecular formula is C12H14N2O5. The lowest BCUT2D eigenvalue weighted by molar-refractivity contribution is -0.384. The van der Waals surface area contributed by atoms with Crippen LogP contribution in [0, 0.1) is 10.1 Å². The molecule has 1 aromatic rings. The molecule has 1 aromatic carbocycles. The highest BCUT2D eigenvalue weighted by atomic mass is 16.6. The fourth-order valence-electron chi connectivity index (χ4n) is 2.12. The quantitative estimate of drug-likeness (QED) is 0.593. The van der Waals surface area contributed by atoms with Gasteiger partial charge in [-0.05, 0) is 18.9 Å². The minimum Gasteiger partial charge on any atom is -0.478 e. The van der Waals surface area contributed by atoms with Crippen molar-refractivity contribution in [3.63, 3.8) is 0 Å². The van der Waals surface area contributed by atoms with Crippen molar-refractivity contribution in [2.45, 2.75) is 18.9 Å². The number of rotatable bonds is 6. The summed E-state index contributed by atoms with van der Waals surface area (Å²) in [5.74, 6) is -1.21. The zero-order valence-corrected chi connectivity index (χ0v) is 10.2. The lowest BCUT2D eigenvalue weighted by Crippen LogP contribution is -2.31. The number of nitro groups is 1. The highest BCUT2D eigenvalue weighted by Crippen LogP contribution is 2.39. The van der Waals surface area contributed by atoms with Crippen LogP contribution in [0.1, 0.15) is 23.2 Å². The van der Waals surface area contributed by atoms with Crippen molar-refractivity contribution in [2.75, 3.05) is 18.1 Å². The van der Waals surface area contributed by atoms with Gasteiger partial charge in [-0.15, -0.1) is 0 Å². The molecule has 2 N–H and O–H groups in total. The van der Waals surface area contributed by atoms with E-state index in [9.17, 15) is 20.0 Å². The van der Waals surface area contributed by atoms with E-state index in [-0.39, 0.29) is 36.1 Å². The van der Waals surface area contributed by atoms with Crippen molar-refractivity contribution in [1.82, 2.24) is 0 Å². The summed E-state index contributed by atoms with van der Waals surface area (Å²) in [6, 6.07) is 4.06. The smallest absolute Gasteiger partial charge is 0.338 e. The van der Waals surface area contributed by atoms with Gasteiger partial charge in [0.2, 0.25) is 0 Å². The molecule has 7 nitrogen and oxygen atoms in total. The van der Waals surface area contributed by atoms with Gasteiger partial charge in [0, 0.05) is 18.7 Å². The van der Waals surface area contributed by atoms with Crippen molar-refractivity contribution in [2.24, 2.45) is 0 Å². The Bertz CT molecular complexity index is 481. The molecule has 19 heavy (non-hydrogen) atoms. The van der Waals surface area contributed by atoms with E-state index in [2.05, 4.69) is 0 Å². The SMILES string of the molecule is O=C(O)c1cccc([N+](=O)[O-])c1N(CCO)C1CC1. The molecular weight excluding hydrogens is 252 g/mol. The second-order valence-corrected chi connectivity index (χ2v) is 4.38. The molecule has 0 aromatic heterocycles. The minimum absolute atomic E-state index is 0.0753. The van der Waals surface area contributed by atoms with Crippen LogP contribution in [-0.4, -0.2) is 40.3 Å². The van der Waals surface area contributed by atoms with Gasteiger partial charge in [-0.25, -0.2) is 4.79 Å². The first-order chi connectivity index (χ1) is 9.06. The number of aromatic carboxylic acids is 1. The molecule has 7 heteroatoms. The van der Waals surface area contributed by atoms with E-state index in [0.717, 1.165) is 12.8 Å². The van der Waals surface area contributed by atoms with Crippen LogP contribution in [0.3, 0.4) is 0 Å². The summed E-state index contributed by atoms with van der Waals surface area (Å²) in [6.45, 7) is 0.0113. The highest BCUT2D eigenvalue weighted by molar-refractivity contribution is 5.97. The number of hydrogen-bond acceptors (Lipinski definition) is 5. The summed E-state index contributed by atoms with van der Waals surface area (Å²) in [6.07, 6.45) is 1.70. The standard InChI is InChI=1S/C12H14N2O5/c15-7-6-13(8-4-5-8)11-9(12(16)17)2-1-3-10(11)14(18)19/h1-3,8,15H,4-7H2,(H,16,17). The maximum Gasteiger partial charge on any atom is 0.338 e. The van der Waals surface area contributed by atoms with Gasteiger partial charge in [0.1, 0.15) is 5.69 Å². The number of nitro benzene ring substituents is 1. The predicted octanol–water partition coefficient (Wildman–Crippen LogP) is 1.25. The van der Waals surface area contributed by atoms with Crippen LogP contribution in [0.5, 0.6) is 0 Å². The zero-order chi connectivity index (χ0) is 14.0. The monoisotopic (exact) mass is 266 g/mol. The van der Waals surface area contributed by atoms with Crippen LogP contribution in [-0.2, 0) is 0 Å². The van der Waals surface area contributed by atoms with Crippen molar-refractivity contribution < 1.29 is 19.9 Å². The molecule has 0 atom stereocenters. The van der Waals surface area contributed by atoms with E-state index in [1.54, 1.807) is 4.90 Å². The minimum atomic E-state index is -1.21. The number of hydrogen-bond donors (Lipinski definition) is 2. The summed E-state index contributed by atoms with van der Waals surface area (Å²) in [5, 5.41) is 29.3. The molecule has 1 saturated carbocycles. The number of carboxylic acid groups (broad SMARTS) is 1. The van der Waals surface area contributed by atoms with Gasteiger partial charge in [0.05, 0.1) is 17.1 Å². The van der Waals surface area contributed by atoms with Gasteiger partial charge in [-0.2, -0.15) is 0 Å². The van der Waals surface area contributed by atoms with Crippen LogP contribution >= 0.6 is 0 Å². The summed E-state index contributed by atoms with van der Waals surface area (Å²) in [5.41, 5.74) is -0.244. The lowest BCUT2D eigenvalue weighted by Gasteiger charge is -2.24. The first kappa shape index (κ1) is 13.3. The Morgan fingerprint density at radius 3 is 2.63 bits per heavy atom. The average molecular weight is 266 g/mol. The van der Waals surface area contributed by atoms with E-state index >= 15 is 0 Å². The number of carboxylic acids is 1. The van der Waals surface area contributed by atoms with Gasteiger partial charge in [-0.3, -0.25) is 10.1 Å². The molecule has 1 aliphatic rings. The molecule has 0 bridgehead atoms. The Morgan fingerprint density at radius 2 is 2.16 bits per heavy atom. The summed E-state index contributed by atoms with van der Waals surface area (Å²) in [4.78, 5) is 23.3. The van der Waals surface area contributed by atoms with Gasteiger partial charge in [-0.1, -0.05) is 6.07 Å². The number of nitrogens with zero attached hydrogens (tertiary/aromatic N) is 2. The van der Waals surface area contributed by atoms with Gasteiger partial charge in [0.25, 0.3) is 5.69 Å². The van der Waals surface area contributed by atoms with Crippen LogP contribution in [0.15, 0.2) is 18.2 Å². The number of para-hydroxylation sites is 1. The molecule has 0 unspecified atom stereocenters. The zero-order valence-electron chi connectivity index (χ0n) is 10.2. The molecule has 0 spiro atoms. The van der Waals surface area contributed by atoms with Crippen LogP contribution in [0.2, 0.25) is 0 Å². The molecule has 0 saturated heterocycles. The predicted molar refractivity (Wildman–Crippen MR) is 67.5 cm³/mol. The first-order valence-electron chi connectivity index (χ1n) is 5.94. The van der Waals surface area contributed by atoms with Gasteiger partial charge in [0.15, 0.2) is 0 Å². The second kappa shape index (κ2) is 5.23. The van der Waals surface area contributed by atoms with Gasteiger partial charge >= 0.3 is 5.97 Å². The maximum absolute atomic E-state index is 11.2. The number of anilines is 1. The largest absolute Gasteiger partial charge is 0.478 e. The van der Waals surface area contributed by atoms with E-state index in [4.69, 9.17) is 5.11 Å². The van der Waals surface area contributed by atoms with Crippen LogP contribution in [0.4, 0.5) is 11.4 Å². The number of aliphatic hydroxyl groups is 1. The van der Waals surface area contributed by atoms with Gasteiger partial charge < -0.3 is 15.1 Å². The van der Waals surface area contributed by atoms with E-state index in [0.29, 0.717) is 0 Å². The Balaban J connectivity index is 2.55. The molecule has 0 aliphatic heterocycles. The van der Waals surface area contributed by atoms with E-state index < -0.39 is 10.9 Å². The Labute approximate surface area is 109 Å². The molecule has 102 valence electrons. The molecule has 1 fully saturated rings. The molecule has 0 amide bonds. The third-order valence-corrected chi connectivity index (χ3v) is 3.06. The normalized spacial score (nSPS) is 14.2. The van der Waals surface area contributed by atoms with Crippen LogP contribution < -0.4 is 4.90 Å². The van der Waals surface area contributed by atoms with Crippen molar-refractivity contribution in [1.29, 1.82) is 0 Å². The number of aliphatic hydroxyl groups excluding tert-OH is 1. The Morgan fingerprint density at radius 1 is 1.47 bits per heavy atom. The fraction of sp³-hybridized carbons (Fsp3) is 0.417. The van der Waals surface area contributed by atoms with Crippen molar-refractivity contribution in [3.8, 4) is 0 Å². The third-order valence-electron chi connectivity index (χ3n) is 3.06. The lowest BCUT2D eigenvalue weighted by atomic mass is 10.1. The maximum atomic E-state index is 11.2. The summed E-state index contributed by atoms with van der Waals surface area (Å²) >= 11 is 0. The van der Waals surface area contributed by atoms with E-state index in [1.165, 1.54) is 18.2 Å². The molecule has 0 radical (unpaired) electrons. The van der Waals surface area contributed by atoms with Crippen molar-refractivity contribution in [3.05, 3.63) is 33.9 Å². The Hall–Kier alpha value is -2.15. The first-order valence-corrected chi connectivity index (χ1v) is 5.94. The fourth-order valence-corrected chi connectivity index (χ4v) is 2.12. The molecule has 1 aliphatic carbocycles. The van der Waals surface area contributed by atoms with E-state index in [1.807, 2.05) is 0 Å². The molecule has 2 rings (SSSR count). The highest BCUT2D eigenvalue weighted by Gasteiger charge is 2.35. The topological polar surface area (TPSA) is 104 Å². The second-order valence-electron chi connectivity index (χ2n) is 4.38.